The van der Waals surface area contributed by atoms with Crippen molar-refractivity contribution in [3.05, 3.63) is 77.1 Å². The maximum absolute atomic E-state index is 13.6. The zero-order chi connectivity index (χ0) is 17.3. The minimum Gasteiger partial charge on any atom is -0.451 e. The molecular formula is C19H15F2NO2. The smallest absolute Gasteiger partial charge is 0.291 e. The molecule has 0 saturated carbocycles. The summed E-state index contributed by atoms with van der Waals surface area (Å²) >= 11 is 0. The van der Waals surface area contributed by atoms with Crippen LogP contribution < -0.4 is 5.32 Å². The summed E-state index contributed by atoms with van der Waals surface area (Å²) in [7, 11) is 0. The normalized spacial score (nSPS) is 10.7. The third kappa shape index (κ3) is 3.20. The van der Waals surface area contributed by atoms with E-state index < -0.39 is 17.5 Å². The van der Waals surface area contributed by atoms with E-state index in [1.165, 1.54) is 6.07 Å². The molecule has 0 fully saturated rings. The van der Waals surface area contributed by atoms with E-state index in [1.807, 2.05) is 32.0 Å². The predicted octanol–water partition coefficient (Wildman–Crippen LogP) is 5.09. The topological polar surface area (TPSA) is 42.2 Å². The molecule has 1 N–H and O–H groups in total. The molecule has 3 rings (SSSR count). The molecule has 0 radical (unpaired) electrons. The SMILES string of the molecule is Cc1ccc(-c2ccc(C(=O)Nc3ccc(F)cc3F)o2)cc1C. The van der Waals surface area contributed by atoms with Crippen molar-refractivity contribution in [3.8, 4) is 11.3 Å². The van der Waals surface area contributed by atoms with Gasteiger partial charge in [0.25, 0.3) is 5.91 Å². The molecule has 0 bridgehead atoms. The zero-order valence-electron chi connectivity index (χ0n) is 13.2. The van der Waals surface area contributed by atoms with Gasteiger partial charge in [0, 0.05) is 11.6 Å². The standard InChI is InChI=1S/C19H15F2NO2/c1-11-3-4-13(9-12(11)2)17-7-8-18(24-17)19(23)22-16-6-5-14(20)10-15(16)21/h3-10H,1-2H3,(H,22,23). The van der Waals surface area contributed by atoms with Gasteiger partial charge in [-0.3, -0.25) is 4.79 Å². The van der Waals surface area contributed by atoms with Crippen molar-refractivity contribution in [2.45, 2.75) is 13.8 Å². The summed E-state index contributed by atoms with van der Waals surface area (Å²) in [5.41, 5.74) is 3.02. The first-order valence-electron chi connectivity index (χ1n) is 7.38. The lowest BCUT2D eigenvalue weighted by Crippen LogP contribution is -2.12. The monoisotopic (exact) mass is 327 g/mol. The molecule has 0 aliphatic rings. The summed E-state index contributed by atoms with van der Waals surface area (Å²) in [6, 6.07) is 12.0. The van der Waals surface area contributed by atoms with E-state index in [0.29, 0.717) is 11.8 Å². The van der Waals surface area contributed by atoms with Crippen LogP contribution in [0.5, 0.6) is 0 Å². The summed E-state index contributed by atoms with van der Waals surface area (Å²) in [4.78, 5) is 12.2. The quantitative estimate of drug-likeness (QED) is 0.728. The second-order valence-corrected chi connectivity index (χ2v) is 5.54. The van der Waals surface area contributed by atoms with Crippen molar-refractivity contribution >= 4 is 11.6 Å². The van der Waals surface area contributed by atoms with Crippen LogP contribution in [0.25, 0.3) is 11.3 Å². The number of anilines is 1. The summed E-state index contributed by atoms with van der Waals surface area (Å²) in [6.45, 7) is 4.00. The number of nitrogens with one attached hydrogen (secondary N) is 1. The van der Waals surface area contributed by atoms with E-state index in [1.54, 1.807) is 6.07 Å². The fourth-order valence-electron chi connectivity index (χ4n) is 2.28. The maximum atomic E-state index is 13.6. The second-order valence-electron chi connectivity index (χ2n) is 5.54. The van der Waals surface area contributed by atoms with Gasteiger partial charge in [0.15, 0.2) is 5.76 Å². The molecular weight excluding hydrogens is 312 g/mol. The van der Waals surface area contributed by atoms with E-state index in [-0.39, 0.29) is 11.4 Å². The molecule has 2 aromatic carbocycles. The highest BCUT2D eigenvalue weighted by molar-refractivity contribution is 6.02. The molecule has 3 aromatic rings. The summed E-state index contributed by atoms with van der Waals surface area (Å²) in [5.74, 6) is -1.56. The third-order valence-corrected chi connectivity index (χ3v) is 3.80. The van der Waals surface area contributed by atoms with Gasteiger partial charge in [0.05, 0.1) is 5.69 Å². The number of amides is 1. The number of carbonyl (C=O) groups is 1. The van der Waals surface area contributed by atoms with E-state index in [9.17, 15) is 13.6 Å². The van der Waals surface area contributed by atoms with Gasteiger partial charge >= 0.3 is 0 Å². The second kappa shape index (κ2) is 6.28. The van der Waals surface area contributed by atoms with Crippen LogP contribution in [0.2, 0.25) is 0 Å². The Bertz CT molecular complexity index is 915. The fourth-order valence-corrected chi connectivity index (χ4v) is 2.28. The van der Waals surface area contributed by atoms with E-state index in [4.69, 9.17) is 4.42 Å². The lowest BCUT2D eigenvalue weighted by molar-refractivity contribution is 0.0997. The number of hydrogen-bond acceptors (Lipinski definition) is 2. The van der Waals surface area contributed by atoms with Gasteiger partial charge in [-0.2, -0.15) is 0 Å². The molecule has 3 nitrogen and oxygen atoms in total. The molecule has 0 aliphatic carbocycles. The first-order chi connectivity index (χ1) is 11.4. The lowest BCUT2D eigenvalue weighted by atomic mass is 10.1. The van der Waals surface area contributed by atoms with Crippen molar-refractivity contribution in [1.29, 1.82) is 0 Å². The fraction of sp³-hybridized carbons (Fsp3) is 0.105. The van der Waals surface area contributed by atoms with Crippen LogP contribution in [0.1, 0.15) is 21.7 Å². The first-order valence-corrected chi connectivity index (χ1v) is 7.38. The van der Waals surface area contributed by atoms with Crippen LogP contribution in [-0.2, 0) is 0 Å². The zero-order valence-corrected chi connectivity index (χ0v) is 13.2. The van der Waals surface area contributed by atoms with Crippen molar-refractivity contribution in [2.75, 3.05) is 5.32 Å². The molecule has 0 unspecified atom stereocenters. The Hall–Kier alpha value is -2.95. The van der Waals surface area contributed by atoms with E-state index >= 15 is 0 Å². The van der Waals surface area contributed by atoms with Crippen LogP contribution in [-0.4, -0.2) is 5.91 Å². The van der Waals surface area contributed by atoms with Crippen LogP contribution in [0, 0.1) is 25.5 Å². The van der Waals surface area contributed by atoms with E-state index in [2.05, 4.69) is 5.32 Å². The highest BCUT2D eigenvalue weighted by atomic mass is 19.1. The van der Waals surface area contributed by atoms with Gasteiger partial charge in [0.2, 0.25) is 0 Å². The van der Waals surface area contributed by atoms with Gasteiger partial charge in [0.1, 0.15) is 17.4 Å². The Morgan fingerprint density at radius 3 is 2.46 bits per heavy atom. The number of hydrogen-bond donors (Lipinski definition) is 1. The van der Waals surface area contributed by atoms with Gasteiger partial charge in [-0.25, -0.2) is 8.78 Å². The van der Waals surface area contributed by atoms with Crippen molar-refractivity contribution in [2.24, 2.45) is 0 Å². The average molecular weight is 327 g/mol. The third-order valence-electron chi connectivity index (χ3n) is 3.80. The number of halogens is 2. The van der Waals surface area contributed by atoms with E-state index in [0.717, 1.165) is 28.8 Å². The molecule has 1 aromatic heterocycles. The van der Waals surface area contributed by atoms with Gasteiger partial charge < -0.3 is 9.73 Å². The van der Waals surface area contributed by atoms with Gasteiger partial charge in [-0.15, -0.1) is 0 Å². The van der Waals surface area contributed by atoms with Crippen LogP contribution >= 0.6 is 0 Å². The molecule has 122 valence electrons. The predicted molar refractivity (Wildman–Crippen MR) is 87.9 cm³/mol. The number of furan rings is 1. The summed E-state index contributed by atoms with van der Waals surface area (Å²) in [6.07, 6.45) is 0. The molecule has 0 atom stereocenters. The average Bonchev–Trinajstić information content (AvgIpc) is 3.03. The Labute approximate surface area is 137 Å². The van der Waals surface area contributed by atoms with Gasteiger partial charge in [-0.05, 0) is 55.3 Å². The lowest BCUT2D eigenvalue weighted by Gasteiger charge is -2.05. The molecule has 0 aliphatic heterocycles. The van der Waals surface area contributed by atoms with Crippen molar-refractivity contribution < 1.29 is 18.0 Å². The Morgan fingerprint density at radius 1 is 0.958 bits per heavy atom. The minimum atomic E-state index is -0.843. The van der Waals surface area contributed by atoms with Crippen molar-refractivity contribution in [3.63, 3.8) is 0 Å². The minimum absolute atomic E-state index is 0.0481. The first kappa shape index (κ1) is 15.9. The summed E-state index contributed by atoms with van der Waals surface area (Å²) in [5, 5.41) is 2.36. The maximum Gasteiger partial charge on any atom is 0.291 e. The van der Waals surface area contributed by atoms with Crippen molar-refractivity contribution in [1.82, 2.24) is 0 Å². The molecule has 24 heavy (non-hydrogen) atoms. The summed E-state index contributed by atoms with van der Waals surface area (Å²) < 4.78 is 32.0. The molecule has 1 amide bonds. The number of aryl methyl sites for hydroxylation is 2. The van der Waals surface area contributed by atoms with Crippen LogP contribution in [0.4, 0.5) is 14.5 Å². The molecule has 0 spiro atoms. The number of benzene rings is 2. The largest absolute Gasteiger partial charge is 0.451 e. The molecule has 1 heterocycles. The Balaban J connectivity index is 1.82. The number of carbonyl (C=O) groups excluding carboxylic acids is 1. The number of rotatable bonds is 3. The molecule has 5 heteroatoms. The molecule has 0 saturated heterocycles. The van der Waals surface area contributed by atoms with Gasteiger partial charge in [-0.1, -0.05) is 12.1 Å². The Kier molecular flexibility index (Phi) is 4.16. The Morgan fingerprint density at radius 2 is 1.75 bits per heavy atom. The van der Waals surface area contributed by atoms with Crippen LogP contribution in [0.3, 0.4) is 0 Å². The highest BCUT2D eigenvalue weighted by Crippen LogP contribution is 2.25. The highest BCUT2D eigenvalue weighted by Gasteiger charge is 2.15. The van der Waals surface area contributed by atoms with Crippen LogP contribution in [0.15, 0.2) is 52.9 Å².